The quantitative estimate of drug-likeness (QED) is 0.833. The van der Waals surface area contributed by atoms with E-state index < -0.39 is 0 Å². The number of hydrogen-bond donors (Lipinski definition) is 1. The number of rotatable bonds is 5. The largest absolute Gasteiger partial charge is 0.394 e. The third kappa shape index (κ3) is 3.59. The van der Waals surface area contributed by atoms with E-state index in [1.807, 2.05) is 25.1 Å². The molecule has 0 aliphatic carbocycles. The molecule has 1 rings (SSSR count). The highest BCUT2D eigenvalue weighted by Gasteiger charge is 2.18. The molecule has 18 heavy (non-hydrogen) atoms. The Hall–Kier alpha value is -1.32. The van der Waals surface area contributed by atoms with Gasteiger partial charge in [-0.1, -0.05) is 30.3 Å². The number of amides is 1. The number of carbonyl (C=O) groups excluding carboxylic acids is 1. The lowest BCUT2D eigenvalue weighted by atomic mass is 10.1. The number of aliphatic hydroxyl groups excluding tert-OH is 1. The third-order valence-corrected chi connectivity index (χ3v) is 3.16. The first-order chi connectivity index (χ1) is 8.49. The number of aliphatic hydroxyl groups is 1. The van der Waals surface area contributed by atoms with Crippen LogP contribution in [0.3, 0.4) is 0 Å². The predicted molar refractivity (Wildman–Crippen MR) is 73.5 cm³/mol. The van der Waals surface area contributed by atoms with Gasteiger partial charge in [0, 0.05) is 11.6 Å². The van der Waals surface area contributed by atoms with E-state index in [0.29, 0.717) is 11.6 Å². The number of benzene rings is 1. The van der Waals surface area contributed by atoms with Gasteiger partial charge in [0.1, 0.15) is 0 Å². The van der Waals surface area contributed by atoms with E-state index in [-0.39, 0.29) is 18.6 Å². The molecule has 98 valence electrons. The van der Waals surface area contributed by atoms with Crippen LogP contribution in [0.2, 0.25) is 5.02 Å². The molecule has 0 aromatic heterocycles. The lowest BCUT2D eigenvalue weighted by Crippen LogP contribution is -2.39. The summed E-state index contributed by atoms with van der Waals surface area (Å²) in [5, 5.41) is 9.81. The normalized spacial score (nSPS) is 12.0. The molecule has 0 spiro atoms. The fourth-order valence-electron chi connectivity index (χ4n) is 1.63. The maximum Gasteiger partial charge on any atom is 0.246 e. The molecule has 3 nitrogen and oxygen atoms in total. The second kappa shape index (κ2) is 6.57. The second-order valence-electron chi connectivity index (χ2n) is 4.30. The molecular formula is C14H18ClNO2. The number of nitrogens with zero attached hydrogens (tertiary/aromatic N) is 1. The molecule has 0 aliphatic rings. The first-order valence-corrected chi connectivity index (χ1v) is 6.16. The van der Waals surface area contributed by atoms with Crippen LogP contribution in [-0.2, 0) is 11.3 Å². The zero-order valence-corrected chi connectivity index (χ0v) is 11.4. The van der Waals surface area contributed by atoms with Crippen LogP contribution in [0.15, 0.2) is 30.9 Å². The van der Waals surface area contributed by atoms with E-state index in [9.17, 15) is 9.90 Å². The molecule has 1 amide bonds. The van der Waals surface area contributed by atoms with E-state index in [2.05, 4.69) is 6.58 Å². The summed E-state index contributed by atoms with van der Waals surface area (Å²) in [5.41, 5.74) is 1.93. The second-order valence-corrected chi connectivity index (χ2v) is 4.70. The third-order valence-electron chi connectivity index (χ3n) is 2.80. The smallest absolute Gasteiger partial charge is 0.246 e. The van der Waals surface area contributed by atoms with Gasteiger partial charge in [-0.15, -0.1) is 0 Å². The van der Waals surface area contributed by atoms with Gasteiger partial charge >= 0.3 is 0 Å². The Morgan fingerprint density at radius 3 is 2.78 bits per heavy atom. The van der Waals surface area contributed by atoms with Crippen molar-refractivity contribution in [3.8, 4) is 0 Å². The summed E-state index contributed by atoms with van der Waals surface area (Å²) in [7, 11) is 0. The summed E-state index contributed by atoms with van der Waals surface area (Å²) in [4.78, 5) is 13.3. The SMILES string of the molecule is C=CC(=O)N(Cc1ccc(C)cc1Cl)[C@H](C)CO. The Morgan fingerprint density at radius 2 is 2.28 bits per heavy atom. The first kappa shape index (κ1) is 14.7. The fourth-order valence-corrected chi connectivity index (χ4v) is 1.93. The van der Waals surface area contributed by atoms with Crippen LogP contribution >= 0.6 is 11.6 Å². The molecule has 0 radical (unpaired) electrons. The van der Waals surface area contributed by atoms with Crippen molar-refractivity contribution < 1.29 is 9.90 Å². The van der Waals surface area contributed by atoms with Crippen molar-refractivity contribution in [3.05, 3.63) is 47.0 Å². The van der Waals surface area contributed by atoms with Crippen LogP contribution < -0.4 is 0 Å². The maximum absolute atomic E-state index is 11.7. The number of aryl methyl sites for hydroxylation is 1. The van der Waals surface area contributed by atoms with Gasteiger partial charge < -0.3 is 10.0 Å². The van der Waals surface area contributed by atoms with Crippen LogP contribution in [0.4, 0.5) is 0 Å². The van der Waals surface area contributed by atoms with Gasteiger partial charge in [0.2, 0.25) is 5.91 Å². The first-order valence-electron chi connectivity index (χ1n) is 5.78. The molecule has 0 unspecified atom stereocenters. The van der Waals surface area contributed by atoms with Gasteiger partial charge in [-0.25, -0.2) is 0 Å². The van der Waals surface area contributed by atoms with Crippen LogP contribution in [0.1, 0.15) is 18.1 Å². The van der Waals surface area contributed by atoms with E-state index in [0.717, 1.165) is 11.1 Å². The number of halogens is 1. The molecule has 0 saturated carbocycles. The molecule has 1 aromatic rings. The average molecular weight is 268 g/mol. The molecule has 0 bridgehead atoms. The van der Waals surface area contributed by atoms with Crippen LogP contribution in [0.5, 0.6) is 0 Å². The Morgan fingerprint density at radius 1 is 1.61 bits per heavy atom. The van der Waals surface area contributed by atoms with E-state index in [4.69, 9.17) is 11.6 Å². The van der Waals surface area contributed by atoms with Crippen molar-refractivity contribution in [2.24, 2.45) is 0 Å². The maximum atomic E-state index is 11.7. The average Bonchev–Trinajstić information content (AvgIpc) is 2.36. The summed E-state index contributed by atoms with van der Waals surface area (Å²) in [5.74, 6) is -0.215. The molecular weight excluding hydrogens is 250 g/mol. The summed E-state index contributed by atoms with van der Waals surface area (Å²) in [6.45, 7) is 7.48. The van der Waals surface area contributed by atoms with Crippen LogP contribution in [-0.4, -0.2) is 28.6 Å². The highest BCUT2D eigenvalue weighted by Crippen LogP contribution is 2.20. The molecule has 1 atom stereocenters. The minimum absolute atomic E-state index is 0.0942. The molecule has 0 heterocycles. The number of carbonyl (C=O) groups is 1. The molecule has 0 aliphatic heterocycles. The van der Waals surface area contributed by atoms with E-state index in [1.54, 1.807) is 11.8 Å². The van der Waals surface area contributed by atoms with Gasteiger partial charge in [-0.3, -0.25) is 4.79 Å². The Bertz CT molecular complexity index is 445. The van der Waals surface area contributed by atoms with Crippen molar-refractivity contribution in [1.29, 1.82) is 0 Å². The van der Waals surface area contributed by atoms with Gasteiger partial charge in [0.25, 0.3) is 0 Å². The zero-order chi connectivity index (χ0) is 13.7. The molecule has 0 saturated heterocycles. The topological polar surface area (TPSA) is 40.5 Å². The summed E-state index contributed by atoms with van der Waals surface area (Å²) >= 11 is 6.14. The molecule has 1 N–H and O–H groups in total. The van der Waals surface area contributed by atoms with Crippen molar-refractivity contribution in [1.82, 2.24) is 4.90 Å². The minimum atomic E-state index is -0.270. The van der Waals surface area contributed by atoms with Crippen LogP contribution in [0.25, 0.3) is 0 Å². The molecule has 1 aromatic carbocycles. The summed E-state index contributed by atoms with van der Waals surface area (Å²) in [6.07, 6.45) is 1.24. The van der Waals surface area contributed by atoms with E-state index >= 15 is 0 Å². The van der Waals surface area contributed by atoms with Gasteiger partial charge in [0.05, 0.1) is 12.6 Å². The Labute approximate surface area is 113 Å². The monoisotopic (exact) mass is 267 g/mol. The lowest BCUT2D eigenvalue weighted by molar-refractivity contribution is -0.129. The summed E-state index contributed by atoms with van der Waals surface area (Å²) in [6, 6.07) is 5.43. The van der Waals surface area contributed by atoms with Gasteiger partial charge in [0.15, 0.2) is 0 Å². The van der Waals surface area contributed by atoms with Crippen molar-refractivity contribution >= 4 is 17.5 Å². The molecule has 0 fully saturated rings. The van der Waals surface area contributed by atoms with E-state index in [1.165, 1.54) is 6.08 Å². The van der Waals surface area contributed by atoms with Crippen LogP contribution in [0, 0.1) is 6.92 Å². The minimum Gasteiger partial charge on any atom is -0.394 e. The standard InChI is InChI=1S/C14H18ClNO2/c1-4-14(18)16(11(3)9-17)8-12-6-5-10(2)7-13(12)15/h4-7,11,17H,1,8-9H2,2-3H3/t11-/m1/s1. The lowest BCUT2D eigenvalue weighted by Gasteiger charge is -2.27. The highest BCUT2D eigenvalue weighted by molar-refractivity contribution is 6.31. The Kier molecular flexibility index (Phi) is 5.38. The fraction of sp³-hybridized carbons (Fsp3) is 0.357. The van der Waals surface area contributed by atoms with Gasteiger partial charge in [-0.2, -0.15) is 0 Å². The zero-order valence-electron chi connectivity index (χ0n) is 10.7. The van der Waals surface area contributed by atoms with Gasteiger partial charge in [-0.05, 0) is 37.1 Å². The molecule has 4 heteroatoms. The Balaban J connectivity index is 2.95. The van der Waals surface area contributed by atoms with Crippen molar-refractivity contribution in [3.63, 3.8) is 0 Å². The number of hydrogen-bond acceptors (Lipinski definition) is 2. The summed E-state index contributed by atoms with van der Waals surface area (Å²) < 4.78 is 0. The highest BCUT2D eigenvalue weighted by atomic mass is 35.5. The predicted octanol–water partition coefficient (Wildman–Crippen LogP) is 2.54. The van der Waals surface area contributed by atoms with Crippen molar-refractivity contribution in [2.75, 3.05) is 6.61 Å². The van der Waals surface area contributed by atoms with Crippen molar-refractivity contribution in [2.45, 2.75) is 26.4 Å².